The zero-order valence-corrected chi connectivity index (χ0v) is 14.8. The Balaban J connectivity index is 1.87. The zero-order chi connectivity index (χ0) is 18.9. The summed E-state index contributed by atoms with van der Waals surface area (Å²) < 4.78 is 5.82. The first kappa shape index (κ1) is 18.2. The molecule has 0 unspecified atom stereocenters. The number of fused-ring (bicyclic) bond motifs is 1. The standard InChI is InChI=1S/C19H23N3O4/c1-19(2)18(23)17(21-9-8-12-6-4-3-5-7-12)13-10-14(20)15(22(24)25)11-16(13)26-19/h3-7,10-11,17-18,21,23H,8-9,20H2,1-2H3/t17-,18+/m0/s1. The lowest BCUT2D eigenvalue weighted by atomic mass is 9.86. The van der Waals surface area contributed by atoms with Crippen molar-refractivity contribution in [2.75, 3.05) is 12.3 Å². The van der Waals surface area contributed by atoms with Crippen LogP contribution in [0.2, 0.25) is 0 Å². The van der Waals surface area contributed by atoms with Crippen LogP contribution in [0.5, 0.6) is 5.75 Å². The molecule has 0 bridgehead atoms. The molecule has 1 aliphatic heterocycles. The van der Waals surface area contributed by atoms with E-state index in [1.807, 2.05) is 30.3 Å². The van der Waals surface area contributed by atoms with Crippen molar-refractivity contribution in [3.63, 3.8) is 0 Å². The van der Waals surface area contributed by atoms with Gasteiger partial charge in [-0.1, -0.05) is 30.3 Å². The van der Waals surface area contributed by atoms with Crippen molar-refractivity contribution >= 4 is 11.4 Å². The fraction of sp³-hybridized carbons (Fsp3) is 0.368. The summed E-state index contributed by atoms with van der Waals surface area (Å²) in [5.41, 5.74) is 6.62. The van der Waals surface area contributed by atoms with E-state index < -0.39 is 22.7 Å². The maximum absolute atomic E-state index is 11.1. The van der Waals surface area contributed by atoms with E-state index >= 15 is 0 Å². The molecule has 0 aromatic heterocycles. The van der Waals surface area contributed by atoms with Gasteiger partial charge >= 0.3 is 0 Å². The summed E-state index contributed by atoms with van der Waals surface area (Å²) in [5.74, 6) is 0.374. The van der Waals surface area contributed by atoms with Crippen molar-refractivity contribution in [2.45, 2.75) is 38.0 Å². The van der Waals surface area contributed by atoms with Crippen LogP contribution in [-0.2, 0) is 6.42 Å². The molecule has 0 fully saturated rings. The van der Waals surface area contributed by atoms with E-state index in [0.29, 0.717) is 17.9 Å². The minimum atomic E-state index is -0.888. The minimum absolute atomic E-state index is 0.0547. The van der Waals surface area contributed by atoms with Gasteiger partial charge in [-0.05, 0) is 38.4 Å². The van der Waals surface area contributed by atoms with Crippen LogP contribution >= 0.6 is 0 Å². The Morgan fingerprint density at radius 2 is 2.00 bits per heavy atom. The molecule has 1 heterocycles. The van der Waals surface area contributed by atoms with Gasteiger partial charge in [0.25, 0.3) is 5.69 Å². The summed E-state index contributed by atoms with van der Waals surface area (Å²) in [5, 5.41) is 25.2. The van der Waals surface area contributed by atoms with Crippen LogP contribution in [0, 0.1) is 10.1 Å². The number of nitrogens with two attached hydrogens (primary N) is 1. The van der Waals surface area contributed by atoms with E-state index in [-0.39, 0.29) is 11.4 Å². The van der Waals surface area contributed by atoms with Gasteiger partial charge < -0.3 is 20.9 Å². The second-order valence-electron chi connectivity index (χ2n) is 7.02. The molecule has 7 heteroatoms. The van der Waals surface area contributed by atoms with Crippen molar-refractivity contribution in [3.8, 4) is 5.75 Å². The van der Waals surface area contributed by atoms with Crippen molar-refractivity contribution < 1.29 is 14.8 Å². The predicted octanol–water partition coefficient (Wildman–Crippen LogP) is 2.58. The Bertz CT molecular complexity index is 808. The van der Waals surface area contributed by atoms with Crippen LogP contribution in [0.25, 0.3) is 0 Å². The molecular formula is C19H23N3O4. The normalized spacial score (nSPS) is 20.9. The fourth-order valence-electron chi connectivity index (χ4n) is 3.25. The van der Waals surface area contributed by atoms with Gasteiger partial charge in [0.05, 0.1) is 17.0 Å². The highest BCUT2D eigenvalue weighted by atomic mass is 16.6. The predicted molar refractivity (Wildman–Crippen MR) is 99.1 cm³/mol. The largest absolute Gasteiger partial charge is 0.484 e. The Kier molecular flexibility index (Phi) is 4.84. The molecule has 0 aliphatic carbocycles. The number of nitro benzene ring substituents is 1. The molecule has 0 saturated carbocycles. The third-order valence-electron chi connectivity index (χ3n) is 4.71. The molecule has 26 heavy (non-hydrogen) atoms. The van der Waals surface area contributed by atoms with Crippen LogP contribution < -0.4 is 15.8 Å². The Labute approximate surface area is 151 Å². The number of nitrogens with zero attached hydrogens (tertiary/aromatic N) is 1. The molecule has 1 aliphatic rings. The minimum Gasteiger partial charge on any atom is -0.484 e. The third kappa shape index (κ3) is 3.49. The van der Waals surface area contributed by atoms with Gasteiger partial charge in [0, 0.05) is 5.56 Å². The average molecular weight is 357 g/mol. The maximum Gasteiger partial charge on any atom is 0.295 e. The Morgan fingerprint density at radius 3 is 2.65 bits per heavy atom. The van der Waals surface area contributed by atoms with Gasteiger partial charge in [-0.3, -0.25) is 10.1 Å². The number of hydrogen-bond acceptors (Lipinski definition) is 6. The van der Waals surface area contributed by atoms with E-state index in [2.05, 4.69) is 5.32 Å². The molecule has 2 atom stereocenters. The maximum atomic E-state index is 11.1. The second kappa shape index (κ2) is 6.93. The summed E-state index contributed by atoms with van der Waals surface area (Å²) in [4.78, 5) is 10.6. The third-order valence-corrected chi connectivity index (χ3v) is 4.71. The van der Waals surface area contributed by atoms with Gasteiger partial charge in [-0.15, -0.1) is 0 Å². The molecule has 4 N–H and O–H groups in total. The smallest absolute Gasteiger partial charge is 0.295 e. The number of benzene rings is 2. The van der Waals surface area contributed by atoms with Gasteiger partial charge in [-0.25, -0.2) is 0 Å². The lowest BCUT2D eigenvalue weighted by Gasteiger charge is -2.42. The molecule has 0 amide bonds. The molecule has 2 aromatic carbocycles. The summed E-state index contributed by atoms with van der Waals surface area (Å²) >= 11 is 0. The number of hydrogen-bond donors (Lipinski definition) is 3. The van der Waals surface area contributed by atoms with E-state index in [1.54, 1.807) is 13.8 Å². The van der Waals surface area contributed by atoms with Crippen LogP contribution in [0.15, 0.2) is 42.5 Å². The van der Waals surface area contributed by atoms with Crippen LogP contribution in [-0.4, -0.2) is 28.3 Å². The average Bonchev–Trinajstić information content (AvgIpc) is 2.59. The molecule has 7 nitrogen and oxygen atoms in total. The Morgan fingerprint density at radius 1 is 1.31 bits per heavy atom. The summed E-state index contributed by atoms with van der Waals surface area (Å²) in [6, 6.07) is 12.4. The SMILES string of the molecule is CC1(C)Oc2cc([N+](=O)[O-])c(N)cc2[C@H](NCCc2ccccc2)[C@H]1O. The summed E-state index contributed by atoms with van der Waals surface area (Å²) in [7, 11) is 0. The summed E-state index contributed by atoms with van der Waals surface area (Å²) in [6.07, 6.45) is -0.0324. The molecule has 0 spiro atoms. The first-order chi connectivity index (χ1) is 12.3. The number of nitrogen functional groups attached to an aromatic ring is 1. The number of nitro groups is 1. The molecule has 2 aromatic rings. The van der Waals surface area contributed by atoms with Crippen LogP contribution in [0.4, 0.5) is 11.4 Å². The van der Waals surface area contributed by atoms with Crippen molar-refractivity contribution in [2.24, 2.45) is 0 Å². The van der Waals surface area contributed by atoms with E-state index in [0.717, 1.165) is 6.42 Å². The monoisotopic (exact) mass is 357 g/mol. The van der Waals surface area contributed by atoms with Gasteiger partial charge in [0.2, 0.25) is 0 Å². The fourth-order valence-corrected chi connectivity index (χ4v) is 3.25. The lowest BCUT2D eigenvalue weighted by Crippen LogP contribution is -2.52. The highest BCUT2D eigenvalue weighted by molar-refractivity contribution is 5.65. The summed E-state index contributed by atoms with van der Waals surface area (Å²) in [6.45, 7) is 4.15. The van der Waals surface area contributed by atoms with E-state index in [4.69, 9.17) is 10.5 Å². The van der Waals surface area contributed by atoms with Crippen LogP contribution in [0.1, 0.15) is 31.0 Å². The molecule has 3 rings (SSSR count). The number of nitrogens with one attached hydrogen (secondary N) is 1. The number of rotatable bonds is 5. The topological polar surface area (TPSA) is 111 Å². The first-order valence-corrected chi connectivity index (χ1v) is 8.52. The quantitative estimate of drug-likeness (QED) is 0.431. The van der Waals surface area contributed by atoms with E-state index in [9.17, 15) is 15.2 Å². The highest BCUT2D eigenvalue weighted by Gasteiger charge is 2.43. The van der Waals surface area contributed by atoms with E-state index in [1.165, 1.54) is 17.7 Å². The number of anilines is 1. The van der Waals surface area contributed by atoms with Crippen molar-refractivity contribution in [1.29, 1.82) is 0 Å². The molecular weight excluding hydrogens is 334 g/mol. The first-order valence-electron chi connectivity index (χ1n) is 8.52. The van der Waals surface area contributed by atoms with Crippen LogP contribution in [0.3, 0.4) is 0 Å². The van der Waals surface area contributed by atoms with Crippen molar-refractivity contribution in [3.05, 3.63) is 63.7 Å². The highest BCUT2D eigenvalue weighted by Crippen LogP contribution is 2.43. The lowest BCUT2D eigenvalue weighted by molar-refractivity contribution is -0.384. The van der Waals surface area contributed by atoms with Crippen molar-refractivity contribution in [1.82, 2.24) is 5.32 Å². The van der Waals surface area contributed by atoms with Gasteiger partial charge in [0.1, 0.15) is 23.1 Å². The molecule has 138 valence electrons. The molecule has 0 saturated heterocycles. The number of aliphatic hydroxyl groups is 1. The number of ether oxygens (including phenoxy) is 1. The van der Waals surface area contributed by atoms with Gasteiger partial charge in [-0.2, -0.15) is 0 Å². The Hall–Kier alpha value is -2.64. The number of aliphatic hydroxyl groups excluding tert-OH is 1. The second-order valence-corrected chi connectivity index (χ2v) is 7.02. The van der Waals surface area contributed by atoms with Gasteiger partial charge in [0.15, 0.2) is 0 Å². The molecule has 0 radical (unpaired) electrons. The zero-order valence-electron chi connectivity index (χ0n) is 14.8.